The van der Waals surface area contributed by atoms with Gasteiger partial charge in [0.1, 0.15) is 0 Å². The Morgan fingerprint density at radius 3 is 2.30 bits per heavy atom. The number of pyridine rings is 1. The van der Waals surface area contributed by atoms with Crippen molar-refractivity contribution in [3.63, 3.8) is 0 Å². The summed E-state index contributed by atoms with van der Waals surface area (Å²) in [6.45, 7) is 0. The highest BCUT2D eigenvalue weighted by molar-refractivity contribution is 6.13. The summed E-state index contributed by atoms with van der Waals surface area (Å²) >= 11 is 0. The molecule has 0 saturated carbocycles. The van der Waals surface area contributed by atoms with E-state index in [0.717, 1.165) is 0 Å². The lowest BCUT2D eigenvalue weighted by Crippen LogP contribution is -2.32. The van der Waals surface area contributed by atoms with Crippen molar-refractivity contribution in [2.75, 3.05) is 0 Å². The number of ketones is 1. The van der Waals surface area contributed by atoms with Crippen molar-refractivity contribution in [3.05, 3.63) is 66.0 Å². The first kappa shape index (κ1) is 13.6. The summed E-state index contributed by atoms with van der Waals surface area (Å²) in [7, 11) is 0. The highest BCUT2D eigenvalue weighted by Crippen LogP contribution is 2.03. The van der Waals surface area contributed by atoms with Gasteiger partial charge in [0, 0.05) is 18.0 Å². The van der Waals surface area contributed by atoms with Crippen LogP contribution >= 0.6 is 0 Å². The van der Waals surface area contributed by atoms with E-state index >= 15 is 0 Å². The van der Waals surface area contributed by atoms with Crippen LogP contribution in [0.1, 0.15) is 27.1 Å². The first-order valence-corrected chi connectivity index (χ1v) is 5.99. The van der Waals surface area contributed by atoms with Crippen molar-refractivity contribution in [2.24, 2.45) is 0 Å². The zero-order valence-corrected chi connectivity index (χ0v) is 10.6. The third-order valence-corrected chi connectivity index (χ3v) is 2.59. The van der Waals surface area contributed by atoms with E-state index in [1.807, 2.05) is 0 Å². The fourth-order valence-electron chi connectivity index (χ4n) is 1.61. The van der Waals surface area contributed by atoms with E-state index < -0.39 is 11.8 Å². The van der Waals surface area contributed by atoms with Crippen LogP contribution in [0.2, 0.25) is 0 Å². The molecule has 0 aliphatic rings. The van der Waals surface area contributed by atoms with E-state index in [0.29, 0.717) is 5.56 Å². The monoisotopic (exact) mass is 268 g/mol. The fourth-order valence-corrected chi connectivity index (χ4v) is 1.61. The Kier molecular flexibility index (Phi) is 4.34. The van der Waals surface area contributed by atoms with E-state index in [4.69, 9.17) is 0 Å². The number of carbonyl (C=O) groups is 3. The molecular formula is C15H12N2O3. The van der Waals surface area contributed by atoms with Crippen molar-refractivity contribution in [2.45, 2.75) is 6.42 Å². The molecule has 20 heavy (non-hydrogen) atoms. The van der Waals surface area contributed by atoms with E-state index in [1.165, 1.54) is 18.5 Å². The lowest BCUT2D eigenvalue weighted by Gasteiger charge is -2.03. The fraction of sp³-hybridized carbons (Fsp3) is 0.0667. The van der Waals surface area contributed by atoms with Gasteiger partial charge >= 0.3 is 0 Å². The summed E-state index contributed by atoms with van der Waals surface area (Å²) in [6, 6.07) is 11.6. The van der Waals surface area contributed by atoms with Crippen molar-refractivity contribution in [1.82, 2.24) is 10.3 Å². The summed E-state index contributed by atoms with van der Waals surface area (Å²) in [5, 5.41) is 2.16. The average Bonchev–Trinajstić information content (AvgIpc) is 2.49. The van der Waals surface area contributed by atoms with Gasteiger partial charge in [0.05, 0.1) is 12.0 Å². The lowest BCUT2D eigenvalue weighted by atomic mass is 10.1. The maximum atomic E-state index is 11.8. The molecule has 5 heteroatoms. The molecule has 0 aliphatic heterocycles. The average molecular weight is 268 g/mol. The van der Waals surface area contributed by atoms with E-state index in [9.17, 15) is 14.4 Å². The van der Waals surface area contributed by atoms with Gasteiger partial charge in [-0.1, -0.05) is 30.3 Å². The van der Waals surface area contributed by atoms with Crippen LogP contribution < -0.4 is 5.32 Å². The van der Waals surface area contributed by atoms with Crippen LogP contribution in [0.5, 0.6) is 0 Å². The van der Waals surface area contributed by atoms with E-state index in [2.05, 4.69) is 10.3 Å². The predicted molar refractivity (Wildman–Crippen MR) is 72.1 cm³/mol. The molecule has 1 N–H and O–H groups in total. The van der Waals surface area contributed by atoms with E-state index in [-0.39, 0.29) is 17.8 Å². The Bertz CT molecular complexity index is 569. The first-order chi connectivity index (χ1) is 9.66. The molecule has 1 aromatic carbocycles. The summed E-state index contributed by atoms with van der Waals surface area (Å²) < 4.78 is 0. The number of benzene rings is 1. The summed E-state index contributed by atoms with van der Waals surface area (Å²) in [6.07, 6.45) is 2.51. The van der Waals surface area contributed by atoms with Crippen LogP contribution in [0, 0.1) is 0 Å². The zero-order valence-electron chi connectivity index (χ0n) is 10.6. The number of rotatable bonds is 4. The molecule has 0 spiro atoms. The number of nitrogens with one attached hydrogen (secondary N) is 1. The number of aromatic nitrogens is 1. The molecule has 0 aliphatic carbocycles. The maximum Gasteiger partial charge on any atom is 0.259 e. The third-order valence-electron chi connectivity index (χ3n) is 2.59. The lowest BCUT2D eigenvalue weighted by molar-refractivity contribution is -0.119. The van der Waals surface area contributed by atoms with Crippen molar-refractivity contribution in [3.8, 4) is 0 Å². The molecule has 5 nitrogen and oxygen atoms in total. The van der Waals surface area contributed by atoms with Crippen LogP contribution in [-0.2, 0) is 4.79 Å². The molecule has 2 rings (SSSR count). The standard InChI is InChI=1S/C15H12N2O3/c18-13(11-5-2-1-3-6-11)9-14(19)17-15(20)12-7-4-8-16-10-12/h1-8,10H,9H2,(H,17,19,20). The number of amides is 2. The number of hydrogen-bond donors (Lipinski definition) is 1. The van der Waals surface area contributed by atoms with Crippen molar-refractivity contribution in [1.29, 1.82) is 0 Å². The molecule has 2 aromatic rings. The quantitative estimate of drug-likeness (QED) is 0.675. The topological polar surface area (TPSA) is 76.1 Å². The molecule has 100 valence electrons. The Morgan fingerprint density at radius 1 is 0.950 bits per heavy atom. The minimum atomic E-state index is -0.632. The van der Waals surface area contributed by atoms with Gasteiger partial charge in [-0.15, -0.1) is 0 Å². The number of nitrogens with zero attached hydrogens (tertiary/aromatic N) is 1. The van der Waals surface area contributed by atoms with Crippen LogP contribution in [0.15, 0.2) is 54.9 Å². The zero-order chi connectivity index (χ0) is 14.4. The number of Topliss-reactive ketones (excluding diaryl/α,β-unsaturated/α-hetero) is 1. The van der Waals surface area contributed by atoms with Gasteiger partial charge in [0.2, 0.25) is 5.91 Å². The molecule has 0 atom stereocenters. The van der Waals surface area contributed by atoms with Crippen LogP contribution in [0.4, 0.5) is 0 Å². The smallest absolute Gasteiger partial charge is 0.259 e. The molecule has 1 aromatic heterocycles. The Balaban J connectivity index is 1.93. The summed E-state index contributed by atoms with van der Waals surface area (Å²) in [5.41, 5.74) is 0.712. The van der Waals surface area contributed by atoms with Crippen LogP contribution in [0.25, 0.3) is 0 Å². The van der Waals surface area contributed by atoms with E-state index in [1.54, 1.807) is 36.4 Å². The van der Waals surface area contributed by atoms with Crippen molar-refractivity contribution >= 4 is 17.6 Å². The number of carbonyl (C=O) groups excluding carboxylic acids is 3. The molecule has 2 amide bonds. The van der Waals surface area contributed by atoms with Gasteiger partial charge in [-0.05, 0) is 12.1 Å². The van der Waals surface area contributed by atoms with Gasteiger partial charge in [0.15, 0.2) is 5.78 Å². The summed E-state index contributed by atoms with van der Waals surface area (Å²) in [4.78, 5) is 38.9. The third kappa shape index (κ3) is 3.58. The SMILES string of the molecule is O=C(CC(=O)c1ccccc1)NC(=O)c1cccnc1. The highest BCUT2D eigenvalue weighted by atomic mass is 16.2. The molecule has 0 radical (unpaired) electrons. The normalized spacial score (nSPS) is 9.80. The Hall–Kier alpha value is -2.82. The summed E-state index contributed by atoms with van der Waals surface area (Å²) in [5.74, 6) is -1.53. The molecule has 1 heterocycles. The highest BCUT2D eigenvalue weighted by Gasteiger charge is 2.15. The molecule has 0 unspecified atom stereocenters. The second kappa shape index (κ2) is 6.38. The maximum absolute atomic E-state index is 11.8. The number of hydrogen-bond acceptors (Lipinski definition) is 4. The van der Waals surface area contributed by atoms with Gasteiger partial charge in [0.25, 0.3) is 5.91 Å². The second-order valence-electron chi connectivity index (χ2n) is 4.08. The Morgan fingerprint density at radius 2 is 1.65 bits per heavy atom. The first-order valence-electron chi connectivity index (χ1n) is 5.99. The molecule has 0 fully saturated rings. The van der Waals surface area contributed by atoms with Gasteiger partial charge in [-0.25, -0.2) is 0 Å². The Labute approximate surface area is 115 Å². The minimum absolute atomic E-state index is 0.271. The largest absolute Gasteiger partial charge is 0.294 e. The minimum Gasteiger partial charge on any atom is -0.294 e. The van der Waals surface area contributed by atoms with Crippen LogP contribution in [-0.4, -0.2) is 22.6 Å². The van der Waals surface area contributed by atoms with Gasteiger partial charge < -0.3 is 0 Å². The second-order valence-corrected chi connectivity index (χ2v) is 4.08. The molecule has 0 saturated heterocycles. The predicted octanol–water partition coefficient (Wildman–Crippen LogP) is 1.61. The van der Waals surface area contributed by atoms with Gasteiger partial charge in [-0.2, -0.15) is 0 Å². The molecular weight excluding hydrogens is 256 g/mol. The van der Waals surface area contributed by atoms with Gasteiger partial charge in [-0.3, -0.25) is 24.7 Å². The van der Waals surface area contributed by atoms with Crippen molar-refractivity contribution < 1.29 is 14.4 Å². The molecule has 0 bridgehead atoms. The number of imide groups is 1. The van der Waals surface area contributed by atoms with Crippen LogP contribution in [0.3, 0.4) is 0 Å².